The summed E-state index contributed by atoms with van der Waals surface area (Å²) in [7, 11) is 0. The number of nitrogens with one attached hydrogen (secondary N) is 1. The Morgan fingerprint density at radius 2 is 1.68 bits per heavy atom. The first-order valence-electron chi connectivity index (χ1n) is 10.2. The molecule has 3 rings (SSSR count). The number of hydrogen-bond acceptors (Lipinski definition) is 3. The van der Waals surface area contributed by atoms with Crippen LogP contribution in [0.3, 0.4) is 0 Å². The van der Waals surface area contributed by atoms with E-state index in [1.807, 2.05) is 36.9 Å². The molecular weight excluding hydrogens is 352 g/mol. The van der Waals surface area contributed by atoms with E-state index in [4.69, 9.17) is 0 Å². The minimum atomic E-state index is -1.10. The molecule has 1 N–H and O–H groups in total. The summed E-state index contributed by atoms with van der Waals surface area (Å²) in [5.41, 5.74) is 3.42. The van der Waals surface area contributed by atoms with Crippen molar-refractivity contribution < 1.29 is 19.6 Å². The third-order valence-electron chi connectivity index (χ3n) is 6.19. The molecule has 1 saturated heterocycles. The molecule has 5 nitrogen and oxygen atoms in total. The van der Waals surface area contributed by atoms with Crippen LogP contribution in [0.5, 0.6) is 0 Å². The highest BCUT2D eigenvalue weighted by Crippen LogP contribution is 2.35. The zero-order chi connectivity index (χ0) is 20.1. The molecule has 1 aromatic carbocycles. The van der Waals surface area contributed by atoms with Crippen LogP contribution in [0.25, 0.3) is 6.08 Å². The lowest BCUT2D eigenvalue weighted by Crippen LogP contribution is -3.14. The number of benzene rings is 1. The van der Waals surface area contributed by atoms with Crippen molar-refractivity contribution in [2.75, 3.05) is 32.7 Å². The minimum Gasteiger partial charge on any atom is -0.550 e. The number of amides is 1. The molecule has 1 fully saturated rings. The average molecular weight is 383 g/mol. The van der Waals surface area contributed by atoms with Crippen LogP contribution in [0.2, 0.25) is 0 Å². The Morgan fingerprint density at radius 1 is 1.07 bits per heavy atom. The molecule has 2 atom stereocenters. The predicted molar refractivity (Wildman–Crippen MR) is 107 cm³/mol. The van der Waals surface area contributed by atoms with Crippen LogP contribution in [-0.2, 0) is 9.59 Å². The van der Waals surface area contributed by atoms with Gasteiger partial charge in [-0.3, -0.25) is 4.79 Å². The van der Waals surface area contributed by atoms with Crippen LogP contribution in [0.4, 0.5) is 0 Å². The van der Waals surface area contributed by atoms with Crippen LogP contribution in [0, 0.1) is 11.8 Å². The topological polar surface area (TPSA) is 64.9 Å². The van der Waals surface area contributed by atoms with Gasteiger partial charge >= 0.3 is 0 Å². The fourth-order valence-electron chi connectivity index (χ4n) is 4.21. The summed E-state index contributed by atoms with van der Waals surface area (Å²) in [6, 6.07) is 10.2. The molecule has 0 aromatic heterocycles. The maximum atomic E-state index is 13.0. The standard InChI is InChI=1S/C23H30N2O3/c1-17-15-20(21(23(27)28)16-18(17)2)22(26)25-13-11-24(12-14-25)10-6-9-19-7-4-3-5-8-19/h3-9,20-21H,10-16H2,1-2H3,(H,27,28)/b9-6+/t20-,21-/m0/s1. The van der Waals surface area contributed by atoms with E-state index in [2.05, 4.69) is 24.3 Å². The molecular formula is C23H30N2O3. The second-order valence-electron chi connectivity index (χ2n) is 8.09. The van der Waals surface area contributed by atoms with Gasteiger partial charge in [-0.2, -0.15) is 0 Å². The molecule has 0 radical (unpaired) electrons. The lowest BCUT2D eigenvalue weighted by molar-refractivity contribution is -0.898. The Kier molecular flexibility index (Phi) is 6.68. The van der Waals surface area contributed by atoms with Gasteiger partial charge in [-0.05, 0) is 38.3 Å². The number of piperazine rings is 1. The Balaban J connectivity index is 1.53. The summed E-state index contributed by atoms with van der Waals surface area (Å²) < 4.78 is 0. The zero-order valence-electron chi connectivity index (χ0n) is 16.8. The molecule has 0 spiro atoms. The van der Waals surface area contributed by atoms with Gasteiger partial charge in [0.15, 0.2) is 0 Å². The minimum absolute atomic E-state index is 0.0140. The van der Waals surface area contributed by atoms with Gasteiger partial charge < -0.3 is 19.7 Å². The number of carbonyl (C=O) groups excluding carboxylic acids is 2. The first kappa shape index (κ1) is 20.3. The molecule has 28 heavy (non-hydrogen) atoms. The number of nitrogens with zero attached hydrogens (tertiary/aromatic N) is 1. The van der Waals surface area contributed by atoms with E-state index in [1.54, 1.807) is 0 Å². The predicted octanol–water partition coefficient (Wildman–Crippen LogP) is 0.539. The number of aliphatic carboxylic acids is 1. The van der Waals surface area contributed by atoms with Gasteiger partial charge in [0.25, 0.3) is 0 Å². The first-order chi connectivity index (χ1) is 13.5. The molecule has 0 unspecified atom stereocenters. The van der Waals surface area contributed by atoms with Gasteiger partial charge in [0.1, 0.15) is 0 Å². The largest absolute Gasteiger partial charge is 0.550 e. The lowest BCUT2D eigenvalue weighted by Gasteiger charge is -2.38. The van der Waals surface area contributed by atoms with Crippen molar-refractivity contribution in [3.63, 3.8) is 0 Å². The van der Waals surface area contributed by atoms with Gasteiger partial charge in [-0.25, -0.2) is 0 Å². The van der Waals surface area contributed by atoms with Crippen molar-refractivity contribution in [2.24, 2.45) is 11.8 Å². The second-order valence-corrected chi connectivity index (χ2v) is 8.09. The number of carbonyl (C=O) groups is 2. The van der Waals surface area contributed by atoms with E-state index in [1.165, 1.54) is 10.5 Å². The Morgan fingerprint density at radius 3 is 2.29 bits per heavy atom. The lowest BCUT2D eigenvalue weighted by atomic mass is 9.76. The van der Waals surface area contributed by atoms with E-state index in [-0.39, 0.29) is 5.91 Å². The van der Waals surface area contributed by atoms with Crippen molar-refractivity contribution in [1.29, 1.82) is 0 Å². The van der Waals surface area contributed by atoms with Gasteiger partial charge in [0.05, 0.1) is 38.6 Å². The molecule has 1 aromatic rings. The highest BCUT2D eigenvalue weighted by Gasteiger charge is 2.37. The number of quaternary nitrogens is 1. The fraction of sp³-hybridized carbons (Fsp3) is 0.478. The Labute approximate surface area is 167 Å². The molecule has 1 aliphatic heterocycles. The van der Waals surface area contributed by atoms with Gasteiger partial charge in [-0.15, -0.1) is 0 Å². The highest BCUT2D eigenvalue weighted by atomic mass is 16.4. The average Bonchev–Trinajstić information content (AvgIpc) is 2.70. The molecule has 150 valence electrons. The maximum Gasteiger partial charge on any atom is 0.227 e. The number of rotatable bonds is 5. The van der Waals surface area contributed by atoms with Gasteiger partial charge in [-0.1, -0.05) is 47.6 Å². The first-order valence-corrected chi connectivity index (χ1v) is 10.2. The molecule has 0 saturated carbocycles. The Bertz CT molecular complexity index is 761. The van der Waals surface area contributed by atoms with E-state index >= 15 is 0 Å². The second kappa shape index (κ2) is 9.20. The van der Waals surface area contributed by atoms with Gasteiger partial charge in [0, 0.05) is 11.9 Å². The van der Waals surface area contributed by atoms with E-state index in [0.717, 1.165) is 30.8 Å². The molecule has 1 aliphatic carbocycles. The van der Waals surface area contributed by atoms with E-state index in [0.29, 0.717) is 25.9 Å². The van der Waals surface area contributed by atoms with Crippen LogP contribution in [0.1, 0.15) is 32.3 Å². The Hall–Kier alpha value is -2.40. The summed E-state index contributed by atoms with van der Waals surface area (Å²) in [5.74, 6) is -2.29. The summed E-state index contributed by atoms with van der Waals surface area (Å²) in [6.07, 6.45) is 5.29. The summed E-state index contributed by atoms with van der Waals surface area (Å²) in [6.45, 7) is 8.04. The van der Waals surface area contributed by atoms with Crippen LogP contribution < -0.4 is 10.0 Å². The summed E-state index contributed by atoms with van der Waals surface area (Å²) >= 11 is 0. The van der Waals surface area contributed by atoms with E-state index in [9.17, 15) is 14.7 Å². The van der Waals surface area contributed by atoms with Crippen LogP contribution >= 0.6 is 0 Å². The summed E-state index contributed by atoms with van der Waals surface area (Å²) in [4.78, 5) is 27.9. The van der Waals surface area contributed by atoms with Crippen LogP contribution in [-0.4, -0.2) is 49.5 Å². The number of allylic oxidation sites excluding steroid dienone is 2. The summed E-state index contributed by atoms with van der Waals surface area (Å²) in [5, 5.41) is 11.6. The number of carboxylic acid groups (broad SMARTS) is 1. The van der Waals surface area contributed by atoms with Crippen molar-refractivity contribution in [3.8, 4) is 0 Å². The van der Waals surface area contributed by atoms with Crippen molar-refractivity contribution in [1.82, 2.24) is 4.90 Å². The van der Waals surface area contributed by atoms with Gasteiger partial charge in [0.2, 0.25) is 5.91 Å². The van der Waals surface area contributed by atoms with Crippen LogP contribution in [0.15, 0.2) is 47.6 Å². The number of carboxylic acids is 1. The molecule has 2 aliphatic rings. The molecule has 1 amide bonds. The molecule has 1 heterocycles. The van der Waals surface area contributed by atoms with E-state index < -0.39 is 17.8 Å². The normalized spacial score (nSPS) is 24.0. The van der Waals surface area contributed by atoms with Crippen molar-refractivity contribution >= 4 is 18.0 Å². The third kappa shape index (κ3) is 4.90. The SMILES string of the molecule is CC1=C(C)C[C@H](C(=O)N2CC[NH+](C/C=C/c3ccccc3)CC2)[C@@H](C(=O)[O-])C1. The van der Waals surface area contributed by atoms with Crippen molar-refractivity contribution in [3.05, 3.63) is 53.1 Å². The quantitative estimate of drug-likeness (QED) is 0.756. The fourth-order valence-corrected chi connectivity index (χ4v) is 4.21. The molecule has 0 bridgehead atoms. The monoisotopic (exact) mass is 382 g/mol. The third-order valence-corrected chi connectivity index (χ3v) is 6.19. The highest BCUT2D eigenvalue weighted by molar-refractivity contribution is 5.85. The zero-order valence-corrected chi connectivity index (χ0v) is 16.8. The maximum absolute atomic E-state index is 13.0. The van der Waals surface area contributed by atoms with Crippen molar-refractivity contribution in [2.45, 2.75) is 26.7 Å². The molecule has 5 heteroatoms. The smallest absolute Gasteiger partial charge is 0.227 e. The number of hydrogen-bond donors (Lipinski definition) is 1.